The maximum atomic E-state index is 13.0. The van der Waals surface area contributed by atoms with Crippen molar-refractivity contribution in [1.29, 1.82) is 0 Å². The van der Waals surface area contributed by atoms with Gasteiger partial charge in [0, 0.05) is 18.8 Å². The van der Waals surface area contributed by atoms with E-state index in [-0.39, 0.29) is 24.5 Å². The number of esters is 2. The van der Waals surface area contributed by atoms with Gasteiger partial charge in [-0.05, 0) is 26.2 Å². The Labute approximate surface area is 192 Å². The number of carbonyl (C=O) groups is 2. The fourth-order valence-corrected chi connectivity index (χ4v) is 3.27. The van der Waals surface area contributed by atoms with Crippen molar-refractivity contribution in [2.45, 2.75) is 54.5 Å². The Morgan fingerprint density at radius 2 is 1.64 bits per heavy atom. The van der Waals surface area contributed by atoms with E-state index in [4.69, 9.17) is 18.5 Å². The van der Waals surface area contributed by atoms with Crippen LogP contribution in [0.3, 0.4) is 0 Å². The highest BCUT2D eigenvalue weighted by Gasteiger charge is 2.28. The summed E-state index contributed by atoms with van der Waals surface area (Å²) in [5.41, 5.74) is -2.18. The molecule has 33 heavy (non-hydrogen) atoms. The Morgan fingerprint density at radius 3 is 2.18 bits per heavy atom. The number of allylic oxidation sites excluding steroid dienone is 2. The molecule has 0 aliphatic rings. The van der Waals surface area contributed by atoms with E-state index in [0.717, 1.165) is 0 Å². The van der Waals surface area contributed by atoms with Crippen LogP contribution in [0.25, 0.3) is 0 Å². The van der Waals surface area contributed by atoms with E-state index >= 15 is 0 Å². The molecule has 1 aromatic heterocycles. The summed E-state index contributed by atoms with van der Waals surface area (Å²) in [5, 5.41) is 0. The number of hydrogen-bond donors (Lipinski definition) is 1. The molecule has 1 heterocycles. The van der Waals surface area contributed by atoms with Gasteiger partial charge in [0.2, 0.25) is 13.6 Å². The molecule has 0 amide bonds. The highest BCUT2D eigenvalue weighted by Crippen LogP contribution is 2.48. The Kier molecular flexibility index (Phi) is 10.5. The number of nitrogens with one attached hydrogen (secondary N) is 1. The predicted molar refractivity (Wildman–Crippen MR) is 121 cm³/mol. The van der Waals surface area contributed by atoms with Gasteiger partial charge in [0.25, 0.3) is 5.56 Å². The largest absolute Gasteiger partial charge is 0.438 e. The fourth-order valence-electron chi connectivity index (χ4n) is 2.16. The number of aromatic nitrogens is 2. The first-order valence-electron chi connectivity index (χ1n) is 10.3. The summed E-state index contributed by atoms with van der Waals surface area (Å²) in [7, 11) is -3.86. The van der Waals surface area contributed by atoms with E-state index in [1.54, 1.807) is 20.8 Å². The van der Waals surface area contributed by atoms with Gasteiger partial charge in [-0.3, -0.25) is 37.5 Å². The van der Waals surface area contributed by atoms with Gasteiger partial charge in [-0.1, -0.05) is 32.9 Å². The molecule has 0 saturated carbocycles. The van der Waals surface area contributed by atoms with Crippen LogP contribution in [0.15, 0.2) is 34.0 Å². The number of hydrogen-bond acceptors (Lipinski definition) is 9. The van der Waals surface area contributed by atoms with Crippen molar-refractivity contribution in [3.63, 3.8) is 0 Å². The molecule has 0 aliphatic carbocycles. The summed E-state index contributed by atoms with van der Waals surface area (Å²) >= 11 is 0. The van der Waals surface area contributed by atoms with Gasteiger partial charge in [-0.25, -0.2) is 4.79 Å². The van der Waals surface area contributed by atoms with Crippen molar-refractivity contribution in [2.75, 3.05) is 19.7 Å². The second-order valence-electron chi connectivity index (χ2n) is 9.46. The first-order chi connectivity index (χ1) is 15.1. The van der Waals surface area contributed by atoms with Gasteiger partial charge in [0.15, 0.2) is 0 Å². The van der Waals surface area contributed by atoms with Gasteiger partial charge in [0.1, 0.15) is 0 Å². The van der Waals surface area contributed by atoms with Gasteiger partial charge >= 0.3 is 25.2 Å². The third-order valence-electron chi connectivity index (χ3n) is 3.89. The van der Waals surface area contributed by atoms with Crippen LogP contribution in [0.5, 0.6) is 0 Å². The quantitative estimate of drug-likeness (QED) is 0.215. The minimum absolute atomic E-state index is 0.0925. The minimum Gasteiger partial charge on any atom is -0.438 e. The van der Waals surface area contributed by atoms with Crippen molar-refractivity contribution < 1.29 is 32.7 Å². The molecular formula is C21H33N2O9P. The number of carbonyl (C=O) groups excluding carboxylic acids is 2. The van der Waals surface area contributed by atoms with E-state index in [1.807, 2.05) is 20.8 Å². The van der Waals surface area contributed by atoms with Crippen molar-refractivity contribution in [2.24, 2.45) is 10.8 Å². The van der Waals surface area contributed by atoms with Gasteiger partial charge in [-0.15, -0.1) is 0 Å². The average Bonchev–Trinajstić information content (AvgIpc) is 2.64. The molecule has 0 bridgehead atoms. The molecule has 12 heteroatoms. The lowest BCUT2D eigenvalue weighted by Gasteiger charge is -2.20. The Balaban J connectivity index is 2.75. The van der Waals surface area contributed by atoms with E-state index in [2.05, 4.69) is 4.98 Å². The fraction of sp³-hybridized carbons (Fsp3) is 0.619. The van der Waals surface area contributed by atoms with E-state index in [9.17, 15) is 23.7 Å². The van der Waals surface area contributed by atoms with Crippen LogP contribution in [0.4, 0.5) is 0 Å². The Morgan fingerprint density at radius 1 is 1.03 bits per heavy atom. The number of aromatic amines is 1. The molecule has 0 radical (unpaired) electrons. The van der Waals surface area contributed by atoms with Gasteiger partial charge in [0.05, 0.1) is 18.0 Å². The summed E-state index contributed by atoms with van der Waals surface area (Å²) in [6.45, 7) is 9.44. The normalized spacial score (nSPS) is 14.1. The lowest BCUT2D eigenvalue weighted by Crippen LogP contribution is -2.28. The molecule has 0 spiro atoms. The lowest BCUT2D eigenvalue weighted by atomic mass is 9.93. The molecule has 11 nitrogen and oxygen atoms in total. The molecule has 1 N–H and O–H groups in total. The first-order valence-corrected chi connectivity index (χ1v) is 12.0. The SMILES string of the molecule is CC(C)(C)CC(=O)OCOP(=O)(C/C=C/Cn1ccc(=O)[nH]c1=O)OCOC(=O)C(C)(C)C. The molecule has 1 atom stereocenters. The summed E-state index contributed by atoms with van der Waals surface area (Å²) < 4.78 is 34.6. The zero-order chi connectivity index (χ0) is 25.3. The number of rotatable bonds is 11. The van der Waals surface area contributed by atoms with Crippen LogP contribution in [0, 0.1) is 10.8 Å². The number of H-pyrrole nitrogens is 1. The molecular weight excluding hydrogens is 455 g/mol. The lowest BCUT2D eigenvalue weighted by molar-refractivity contribution is -0.160. The zero-order valence-corrected chi connectivity index (χ0v) is 20.8. The molecule has 1 rings (SSSR count). The van der Waals surface area contributed by atoms with Gasteiger partial charge in [-0.2, -0.15) is 0 Å². The molecule has 0 saturated heterocycles. The highest BCUT2D eigenvalue weighted by atomic mass is 31.2. The zero-order valence-electron chi connectivity index (χ0n) is 19.9. The maximum absolute atomic E-state index is 13.0. The van der Waals surface area contributed by atoms with Crippen molar-refractivity contribution >= 4 is 19.5 Å². The van der Waals surface area contributed by atoms with Gasteiger partial charge < -0.3 is 9.47 Å². The van der Waals surface area contributed by atoms with E-state index < -0.39 is 49.8 Å². The maximum Gasteiger partial charge on any atom is 0.340 e. The second-order valence-corrected chi connectivity index (χ2v) is 11.6. The van der Waals surface area contributed by atoms with Crippen LogP contribution in [0.1, 0.15) is 48.0 Å². The minimum atomic E-state index is -3.86. The smallest absolute Gasteiger partial charge is 0.340 e. The van der Waals surface area contributed by atoms with Crippen LogP contribution in [-0.4, -0.2) is 41.2 Å². The highest BCUT2D eigenvalue weighted by molar-refractivity contribution is 7.54. The molecule has 0 aliphatic heterocycles. The van der Waals surface area contributed by atoms with Crippen LogP contribution in [0.2, 0.25) is 0 Å². The molecule has 186 valence electrons. The van der Waals surface area contributed by atoms with Crippen molar-refractivity contribution in [3.05, 3.63) is 45.3 Å². The summed E-state index contributed by atoms with van der Waals surface area (Å²) in [6.07, 6.45) is 4.18. The Bertz CT molecular complexity index is 996. The number of ether oxygens (including phenoxy) is 2. The van der Waals surface area contributed by atoms with Crippen LogP contribution >= 0.6 is 7.60 Å². The summed E-state index contributed by atoms with van der Waals surface area (Å²) in [6, 6.07) is 1.20. The second kappa shape index (κ2) is 12.1. The predicted octanol–water partition coefficient (Wildman–Crippen LogP) is 2.80. The topological polar surface area (TPSA) is 143 Å². The van der Waals surface area contributed by atoms with E-state index in [0.29, 0.717) is 0 Å². The molecule has 0 aromatic carbocycles. The summed E-state index contributed by atoms with van der Waals surface area (Å²) in [4.78, 5) is 48.7. The first kappa shape index (κ1) is 28.5. The van der Waals surface area contributed by atoms with Crippen LogP contribution in [-0.2, 0) is 39.2 Å². The summed E-state index contributed by atoms with van der Waals surface area (Å²) in [5.74, 6) is -1.08. The third kappa shape index (κ3) is 11.8. The molecule has 0 fully saturated rings. The number of nitrogens with zero attached hydrogens (tertiary/aromatic N) is 1. The van der Waals surface area contributed by atoms with Crippen molar-refractivity contribution in [1.82, 2.24) is 9.55 Å². The third-order valence-corrected chi connectivity index (χ3v) is 5.55. The standard InChI is InChI=1S/C21H33N2O9P/c1-20(2,3)13-17(25)29-14-31-33(28,32-15-30-18(26)21(4,5)6)12-8-7-10-23-11-9-16(24)22-19(23)27/h7-9,11H,10,12-15H2,1-6H3,(H,22,24,27)/b8-7+. The molecule has 1 aromatic rings. The van der Waals surface area contributed by atoms with Crippen molar-refractivity contribution in [3.8, 4) is 0 Å². The van der Waals surface area contributed by atoms with E-state index in [1.165, 1.54) is 29.0 Å². The molecule has 1 unspecified atom stereocenters. The monoisotopic (exact) mass is 488 g/mol. The Hall–Kier alpha value is -2.49. The van der Waals surface area contributed by atoms with Crippen LogP contribution < -0.4 is 11.2 Å². The average molecular weight is 488 g/mol.